The normalized spacial score (nSPS) is 17.5. The lowest BCUT2D eigenvalue weighted by Gasteiger charge is -2.49. The molecule has 0 radical (unpaired) electrons. The molecule has 0 aliphatic carbocycles. The molecule has 1 amide bonds. The van der Waals surface area contributed by atoms with E-state index in [2.05, 4.69) is 0 Å². The Kier molecular flexibility index (Phi) is 3.58. The zero-order valence-electron chi connectivity index (χ0n) is 11.0. The maximum atomic E-state index is 13.4. The molecule has 0 bridgehead atoms. The van der Waals surface area contributed by atoms with Crippen molar-refractivity contribution in [1.82, 2.24) is 4.90 Å². The predicted octanol–water partition coefficient (Wildman–Crippen LogP) is 1.74. The van der Waals surface area contributed by atoms with Crippen LogP contribution in [0.4, 0.5) is 8.78 Å². The van der Waals surface area contributed by atoms with Crippen LogP contribution in [0.15, 0.2) is 18.2 Å². The summed E-state index contributed by atoms with van der Waals surface area (Å²) < 4.78 is 26.4. The molecule has 0 spiro atoms. The average Bonchev–Trinajstić information content (AvgIpc) is 2.30. The molecule has 1 aliphatic heterocycles. The maximum Gasteiger partial charge on any atom is 0.227 e. The summed E-state index contributed by atoms with van der Waals surface area (Å²) in [7, 11) is 0. The maximum absolute atomic E-state index is 13.4. The van der Waals surface area contributed by atoms with Crippen molar-refractivity contribution in [3.05, 3.63) is 35.4 Å². The van der Waals surface area contributed by atoms with Gasteiger partial charge in [-0.3, -0.25) is 4.79 Å². The predicted molar refractivity (Wildman–Crippen MR) is 66.4 cm³/mol. The summed E-state index contributed by atoms with van der Waals surface area (Å²) in [4.78, 5) is 13.4. The zero-order valence-corrected chi connectivity index (χ0v) is 11.0. The number of hydrogen-bond donors (Lipinski definition) is 1. The number of rotatable bonds is 3. The van der Waals surface area contributed by atoms with E-state index in [-0.39, 0.29) is 36.9 Å². The van der Waals surface area contributed by atoms with Gasteiger partial charge in [0.25, 0.3) is 0 Å². The zero-order chi connectivity index (χ0) is 14.2. The van der Waals surface area contributed by atoms with Crippen molar-refractivity contribution in [2.45, 2.75) is 25.9 Å². The van der Waals surface area contributed by atoms with Gasteiger partial charge in [0.1, 0.15) is 5.60 Å². The van der Waals surface area contributed by atoms with E-state index in [0.29, 0.717) is 0 Å². The fourth-order valence-corrected chi connectivity index (χ4v) is 2.12. The Morgan fingerprint density at radius 1 is 1.42 bits per heavy atom. The number of halogens is 2. The Hall–Kier alpha value is -1.49. The number of β-amino-alcohol motifs (C(OH)–C–C–N with tert-alkyl or cyclic N) is 1. The van der Waals surface area contributed by atoms with Crippen molar-refractivity contribution in [2.24, 2.45) is 5.92 Å². The van der Waals surface area contributed by atoms with E-state index < -0.39 is 17.2 Å². The Morgan fingerprint density at radius 2 is 2.05 bits per heavy atom. The standard InChI is InChI=1S/C14H17F2NO2/c1-9(2)14(19)7-17(8-14)12(18)6-10-4-3-5-11(15)13(10)16/h3-5,9,19H,6-8H2,1-2H3. The summed E-state index contributed by atoms with van der Waals surface area (Å²) in [5.41, 5.74) is -0.805. The molecular formula is C14H17F2NO2. The van der Waals surface area contributed by atoms with Crippen LogP contribution in [0.25, 0.3) is 0 Å². The number of carbonyl (C=O) groups excluding carboxylic acids is 1. The molecule has 0 aromatic heterocycles. The van der Waals surface area contributed by atoms with Crippen LogP contribution in [0.3, 0.4) is 0 Å². The first-order valence-electron chi connectivity index (χ1n) is 6.26. The van der Waals surface area contributed by atoms with Gasteiger partial charge >= 0.3 is 0 Å². The topological polar surface area (TPSA) is 40.5 Å². The van der Waals surface area contributed by atoms with E-state index >= 15 is 0 Å². The van der Waals surface area contributed by atoms with E-state index in [4.69, 9.17) is 0 Å². The lowest BCUT2D eigenvalue weighted by Crippen LogP contribution is -2.66. The van der Waals surface area contributed by atoms with E-state index in [1.54, 1.807) is 0 Å². The highest BCUT2D eigenvalue weighted by atomic mass is 19.2. The third kappa shape index (κ3) is 2.61. The van der Waals surface area contributed by atoms with E-state index in [1.165, 1.54) is 17.0 Å². The Bertz CT molecular complexity index is 496. The van der Waals surface area contributed by atoms with Crippen molar-refractivity contribution in [1.29, 1.82) is 0 Å². The molecule has 1 aromatic carbocycles. The van der Waals surface area contributed by atoms with Crippen LogP contribution in [0.2, 0.25) is 0 Å². The lowest BCUT2D eigenvalue weighted by molar-refractivity contribution is -0.163. The first kappa shape index (κ1) is 13.9. The number of carbonyl (C=O) groups is 1. The third-order valence-corrected chi connectivity index (χ3v) is 3.73. The van der Waals surface area contributed by atoms with Gasteiger partial charge in [0.2, 0.25) is 5.91 Å². The van der Waals surface area contributed by atoms with Gasteiger partial charge in [0.05, 0.1) is 19.5 Å². The Balaban J connectivity index is 1.99. The van der Waals surface area contributed by atoms with Gasteiger partial charge in [-0.2, -0.15) is 0 Å². The van der Waals surface area contributed by atoms with Crippen molar-refractivity contribution < 1.29 is 18.7 Å². The van der Waals surface area contributed by atoms with Crippen LogP contribution in [0.1, 0.15) is 19.4 Å². The van der Waals surface area contributed by atoms with E-state index in [0.717, 1.165) is 6.07 Å². The summed E-state index contributed by atoms with van der Waals surface area (Å²) >= 11 is 0. The second-order valence-electron chi connectivity index (χ2n) is 5.40. The average molecular weight is 269 g/mol. The van der Waals surface area contributed by atoms with Gasteiger partial charge < -0.3 is 10.0 Å². The fraction of sp³-hybridized carbons (Fsp3) is 0.500. The number of amides is 1. The molecule has 0 unspecified atom stereocenters. The van der Waals surface area contributed by atoms with Crippen molar-refractivity contribution in [2.75, 3.05) is 13.1 Å². The summed E-state index contributed by atoms with van der Waals surface area (Å²) in [6.45, 7) is 4.27. The minimum Gasteiger partial charge on any atom is -0.386 e. The highest BCUT2D eigenvalue weighted by Gasteiger charge is 2.45. The molecule has 1 heterocycles. The minimum atomic E-state index is -0.976. The highest BCUT2D eigenvalue weighted by molar-refractivity contribution is 5.80. The van der Waals surface area contributed by atoms with Crippen molar-refractivity contribution in [3.63, 3.8) is 0 Å². The summed E-state index contributed by atoms with van der Waals surface area (Å²) in [6.07, 6.45) is -0.183. The SMILES string of the molecule is CC(C)C1(O)CN(C(=O)Cc2cccc(F)c2F)C1. The van der Waals surface area contributed by atoms with Gasteiger partial charge in [0, 0.05) is 5.56 Å². The van der Waals surface area contributed by atoms with Gasteiger partial charge in [-0.1, -0.05) is 26.0 Å². The van der Waals surface area contributed by atoms with Crippen LogP contribution >= 0.6 is 0 Å². The number of benzene rings is 1. The highest BCUT2D eigenvalue weighted by Crippen LogP contribution is 2.29. The fourth-order valence-electron chi connectivity index (χ4n) is 2.12. The van der Waals surface area contributed by atoms with Gasteiger partial charge in [0.15, 0.2) is 11.6 Å². The van der Waals surface area contributed by atoms with Gasteiger partial charge in [-0.15, -0.1) is 0 Å². The molecule has 19 heavy (non-hydrogen) atoms. The van der Waals surface area contributed by atoms with Crippen molar-refractivity contribution in [3.8, 4) is 0 Å². The Morgan fingerprint density at radius 3 is 2.63 bits per heavy atom. The molecule has 1 fully saturated rings. The largest absolute Gasteiger partial charge is 0.386 e. The number of hydrogen-bond acceptors (Lipinski definition) is 2. The number of nitrogens with zero attached hydrogens (tertiary/aromatic N) is 1. The quantitative estimate of drug-likeness (QED) is 0.908. The molecular weight excluding hydrogens is 252 g/mol. The van der Waals surface area contributed by atoms with Crippen LogP contribution in [0.5, 0.6) is 0 Å². The van der Waals surface area contributed by atoms with Crippen LogP contribution < -0.4 is 0 Å². The van der Waals surface area contributed by atoms with Gasteiger partial charge in [-0.05, 0) is 12.0 Å². The van der Waals surface area contributed by atoms with Crippen LogP contribution in [-0.2, 0) is 11.2 Å². The number of aliphatic hydroxyl groups is 1. The van der Waals surface area contributed by atoms with Crippen molar-refractivity contribution >= 4 is 5.91 Å². The second-order valence-corrected chi connectivity index (χ2v) is 5.40. The molecule has 3 nitrogen and oxygen atoms in total. The number of likely N-dealkylation sites (tertiary alicyclic amines) is 1. The van der Waals surface area contributed by atoms with Crippen LogP contribution in [0, 0.1) is 17.6 Å². The van der Waals surface area contributed by atoms with E-state index in [9.17, 15) is 18.7 Å². The molecule has 1 saturated heterocycles. The minimum absolute atomic E-state index is 0.0463. The second kappa shape index (κ2) is 4.89. The first-order valence-corrected chi connectivity index (χ1v) is 6.26. The Labute approximate surface area is 110 Å². The molecule has 5 heteroatoms. The lowest BCUT2D eigenvalue weighted by atomic mass is 9.82. The van der Waals surface area contributed by atoms with Gasteiger partial charge in [-0.25, -0.2) is 8.78 Å². The summed E-state index contributed by atoms with van der Waals surface area (Å²) in [5, 5.41) is 10.0. The first-order chi connectivity index (χ1) is 8.83. The summed E-state index contributed by atoms with van der Waals surface area (Å²) in [6, 6.07) is 3.79. The molecule has 1 N–H and O–H groups in total. The monoisotopic (exact) mass is 269 g/mol. The third-order valence-electron chi connectivity index (χ3n) is 3.73. The smallest absolute Gasteiger partial charge is 0.227 e. The molecule has 1 aliphatic rings. The molecule has 104 valence electrons. The van der Waals surface area contributed by atoms with Crippen LogP contribution in [-0.4, -0.2) is 34.6 Å². The molecule has 0 saturated carbocycles. The molecule has 1 aromatic rings. The molecule has 2 rings (SSSR count). The van der Waals surface area contributed by atoms with E-state index in [1.807, 2.05) is 13.8 Å². The summed E-state index contributed by atoms with van der Waals surface area (Å²) in [5.74, 6) is -2.17. The molecule has 0 atom stereocenters.